The Morgan fingerprint density at radius 1 is 1.42 bits per heavy atom. The molecule has 0 saturated carbocycles. The number of phenols is 1. The molecule has 0 spiro atoms. The molecular formula is C19H23NO3S. The summed E-state index contributed by atoms with van der Waals surface area (Å²) in [6.45, 7) is 4.51. The van der Waals surface area contributed by atoms with Crippen molar-refractivity contribution >= 4 is 17.1 Å². The Morgan fingerprint density at radius 2 is 2.25 bits per heavy atom. The van der Waals surface area contributed by atoms with Crippen LogP contribution in [0.5, 0.6) is 11.5 Å². The average molecular weight is 345 g/mol. The number of benzene rings is 1. The Balaban J connectivity index is 1.66. The molecule has 1 saturated heterocycles. The minimum absolute atomic E-state index is 0.0722. The first-order valence-electron chi connectivity index (χ1n) is 8.25. The number of hydrogen-bond acceptors (Lipinski definition) is 5. The Bertz CT molecular complexity index is 725. The molecule has 5 heteroatoms. The molecule has 1 N–H and O–H groups in total. The largest absolute Gasteiger partial charge is 0.504 e. The first-order valence-corrected chi connectivity index (χ1v) is 9.13. The summed E-state index contributed by atoms with van der Waals surface area (Å²) in [6, 6.07) is 7.51. The van der Waals surface area contributed by atoms with Gasteiger partial charge in [-0.3, -0.25) is 9.69 Å². The number of methoxy groups -OCH3 is 1. The molecule has 128 valence electrons. The van der Waals surface area contributed by atoms with Gasteiger partial charge in [-0.05, 0) is 61.0 Å². The molecule has 4 nitrogen and oxygen atoms in total. The number of piperidine rings is 1. The van der Waals surface area contributed by atoms with Gasteiger partial charge in [0, 0.05) is 19.0 Å². The highest BCUT2D eigenvalue weighted by atomic mass is 32.1. The Morgan fingerprint density at radius 3 is 2.92 bits per heavy atom. The van der Waals surface area contributed by atoms with Crippen molar-refractivity contribution in [3.8, 4) is 11.5 Å². The number of phenolic OH excluding ortho intramolecular Hbond substituents is 1. The minimum Gasteiger partial charge on any atom is -0.504 e. The van der Waals surface area contributed by atoms with Crippen molar-refractivity contribution in [2.75, 3.05) is 20.2 Å². The van der Waals surface area contributed by atoms with E-state index in [1.807, 2.05) is 24.4 Å². The van der Waals surface area contributed by atoms with E-state index in [2.05, 4.69) is 4.90 Å². The van der Waals surface area contributed by atoms with E-state index in [0.717, 1.165) is 48.5 Å². The van der Waals surface area contributed by atoms with Crippen LogP contribution >= 0.6 is 11.3 Å². The molecule has 1 aliphatic rings. The van der Waals surface area contributed by atoms with Crippen LogP contribution in [0.25, 0.3) is 0 Å². The Hall–Kier alpha value is -1.85. The topological polar surface area (TPSA) is 49.8 Å². The van der Waals surface area contributed by atoms with Crippen LogP contribution in [0.3, 0.4) is 0 Å². The maximum atomic E-state index is 12.7. The zero-order chi connectivity index (χ0) is 17.1. The maximum absolute atomic E-state index is 12.7. The molecule has 0 bridgehead atoms. The number of hydrogen-bond donors (Lipinski definition) is 1. The van der Waals surface area contributed by atoms with Crippen LogP contribution < -0.4 is 4.74 Å². The summed E-state index contributed by atoms with van der Waals surface area (Å²) >= 11 is 1.55. The summed E-state index contributed by atoms with van der Waals surface area (Å²) in [6.07, 6.45) is 1.99. The van der Waals surface area contributed by atoms with E-state index in [4.69, 9.17) is 4.74 Å². The third kappa shape index (κ3) is 3.62. The van der Waals surface area contributed by atoms with Crippen molar-refractivity contribution in [1.29, 1.82) is 0 Å². The molecule has 2 aromatic rings. The van der Waals surface area contributed by atoms with Crippen LogP contribution in [0.4, 0.5) is 0 Å². The van der Waals surface area contributed by atoms with Gasteiger partial charge in [0.2, 0.25) is 0 Å². The molecule has 1 fully saturated rings. The lowest BCUT2D eigenvalue weighted by Crippen LogP contribution is -2.38. The highest BCUT2D eigenvalue weighted by Gasteiger charge is 2.28. The normalized spacial score (nSPS) is 18.5. The van der Waals surface area contributed by atoms with Gasteiger partial charge in [-0.1, -0.05) is 6.07 Å². The lowest BCUT2D eigenvalue weighted by molar-refractivity contribution is 0.0815. The maximum Gasteiger partial charge on any atom is 0.177 e. The number of aromatic hydroxyl groups is 1. The molecule has 1 atom stereocenters. The van der Waals surface area contributed by atoms with E-state index in [1.54, 1.807) is 30.6 Å². The van der Waals surface area contributed by atoms with Crippen LogP contribution in [-0.4, -0.2) is 36.0 Å². The van der Waals surface area contributed by atoms with Gasteiger partial charge in [0.05, 0.1) is 12.0 Å². The van der Waals surface area contributed by atoms with E-state index in [9.17, 15) is 9.90 Å². The fraction of sp³-hybridized carbons (Fsp3) is 0.421. The van der Waals surface area contributed by atoms with Gasteiger partial charge in [-0.2, -0.15) is 0 Å². The zero-order valence-electron chi connectivity index (χ0n) is 14.1. The van der Waals surface area contributed by atoms with Gasteiger partial charge in [0.1, 0.15) is 0 Å². The predicted molar refractivity (Wildman–Crippen MR) is 96.0 cm³/mol. The Kier molecular flexibility index (Phi) is 5.21. The molecule has 1 aliphatic heterocycles. The van der Waals surface area contributed by atoms with Crippen molar-refractivity contribution in [1.82, 2.24) is 4.90 Å². The highest BCUT2D eigenvalue weighted by molar-refractivity contribution is 7.12. The summed E-state index contributed by atoms with van der Waals surface area (Å²) in [5.41, 5.74) is 2.12. The van der Waals surface area contributed by atoms with Crippen molar-refractivity contribution < 1.29 is 14.6 Å². The van der Waals surface area contributed by atoms with Gasteiger partial charge in [0.25, 0.3) is 0 Å². The van der Waals surface area contributed by atoms with Gasteiger partial charge < -0.3 is 9.84 Å². The van der Waals surface area contributed by atoms with Crippen molar-refractivity contribution in [3.63, 3.8) is 0 Å². The molecular weight excluding hydrogens is 322 g/mol. The van der Waals surface area contributed by atoms with E-state index in [-0.39, 0.29) is 17.5 Å². The molecule has 0 unspecified atom stereocenters. The molecule has 2 heterocycles. The van der Waals surface area contributed by atoms with Gasteiger partial charge >= 0.3 is 0 Å². The molecule has 1 aromatic heterocycles. The summed E-state index contributed by atoms with van der Waals surface area (Å²) in [4.78, 5) is 16.0. The second-order valence-corrected chi connectivity index (χ2v) is 7.29. The summed E-state index contributed by atoms with van der Waals surface area (Å²) in [5.74, 6) is 1.00. The lowest BCUT2D eigenvalue weighted by atomic mass is 9.92. The number of carbonyl (C=O) groups is 1. The first-order chi connectivity index (χ1) is 11.6. The van der Waals surface area contributed by atoms with Crippen LogP contribution in [0.1, 0.15) is 33.6 Å². The monoisotopic (exact) mass is 345 g/mol. The molecule has 0 aliphatic carbocycles. The van der Waals surface area contributed by atoms with E-state index >= 15 is 0 Å². The third-order valence-corrected chi connectivity index (χ3v) is 5.64. The summed E-state index contributed by atoms with van der Waals surface area (Å²) < 4.78 is 5.08. The van der Waals surface area contributed by atoms with E-state index < -0.39 is 0 Å². The quantitative estimate of drug-likeness (QED) is 0.836. The molecule has 1 aromatic carbocycles. The third-order valence-electron chi connectivity index (χ3n) is 4.61. The van der Waals surface area contributed by atoms with Crippen LogP contribution in [0.2, 0.25) is 0 Å². The molecule has 3 rings (SSSR count). The first kappa shape index (κ1) is 17.0. The predicted octanol–water partition coefficient (Wildman–Crippen LogP) is 3.87. The highest BCUT2D eigenvalue weighted by Crippen LogP contribution is 2.29. The summed E-state index contributed by atoms with van der Waals surface area (Å²) in [7, 11) is 1.54. The number of carbonyl (C=O) groups excluding carboxylic acids is 1. The molecule has 0 radical (unpaired) electrons. The second-order valence-electron chi connectivity index (χ2n) is 6.38. The molecule has 0 amide bonds. The van der Waals surface area contributed by atoms with Gasteiger partial charge in [-0.25, -0.2) is 0 Å². The minimum atomic E-state index is 0.0722. The van der Waals surface area contributed by atoms with E-state index in [1.165, 1.54) is 0 Å². The van der Waals surface area contributed by atoms with E-state index in [0.29, 0.717) is 5.75 Å². The number of aryl methyl sites for hydroxylation is 1. The number of Topliss-reactive ketones (excluding diaryl/α,β-unsaturated/α-hetero) is 1. The van der Waals surface area contributed by atoms with Gasteiger partial charge in [0.15, 0.2) is 17.3 Å². The zero-order valence-corrected chi connectivity index (χ0v) is 14.9. The number of ether oxygens (including phenoxy) is 1. The standard InChI is InChI=1S/C19H23NO3S/c1-13-7-9-24-19(13)18(22)15-4-3-8-20(12-15)11-14-5-6-17(23-2)16(21)10-14/h5-7,9-10,15,21H,3-4,8,11-12H2,1-2H3/t15-/m1/s1. The fourth-order valence-electron chi connectivity index (χ4n) is 3.32. The number of thiophene rings is 1. The Labute approximate surface area is 146 Å². The van der Waals surface area contributed by atoms with Crippen LogP contribution in [-0.2, 0) is 6.54 Å². The number of ketones is 1. The second kappa shape index (κ2) is 7.36. The SMILES string of the molecule is COc1ccc(CN2CCC[C@@H](C(=O)c3sccc3C)C2)cc1O. The number of rotatable bonds is 5. The summed E-state index contributed by atoms with van der Waals surface area (Å²) in [5, 5.41) is 11.9. The van der Waals surface area contributed by atoms with Crippen molar-refractivity contribution in [2.24, 2.45) is 5.92 Å². The lowest BCUT2D eigenvalue weighted by Gasteiger charge is -2.32. The van der Waals surface area contributed by atoms with Crippen molar-refractivity contribution in [2.45, 2.75) is 26.3 Å². The number of nitrogens with zero attached hydrogens (tertiary/aromatic N) is 1. The smallest absolute Gasteiger partial charge is 0.177 e. The van der Waals surface area contributed by atoms with Crippen LogP contribution in [0.15, 0.2) is 29.6 Å². The van der Waals surface area contributed by atoms with Gasteiger partial charge in [-0.15, -0.1) is 11.3 Å². The fourth-order valence-corrected chi connectivity index (χ4v) is 4.26. The number of likely N-dealkylation sites (tertiary alicyclic amines) is 1. The molecule has 24 heavy (non-hydrogen) atoms. The van der Waals surface area contributed by atoms with Crippen molar-refractivity contribution in [3.05, 3.63) is 45.6 Å². The average Bonchev–Trinajstić information content (AvgIpc) is 3.01. The van der Waals surface area contributed by atoms with Crippen LogP contribution in [0, 0.1) is 12.8 Å².